The number of hydrogen-bond acceptors (Lipinski definition) is 10. The smallest absolute Gasteiger partial charge is 0.326 e. The zero-order valence-corrected chi connectivity index (χ0v) is 37.8. The maximum Gasteiger partial charge on any atom is 0.326 e. The summed E-state index contributed by atoms with van der Waals surface area (Å²) in [6.07, 6.45) is 4.62. The predicted octanol–water partition coefficient (Wildman–Crippen LogP) is 0.933. The molecule has 2 fully saturated rings. The number of aromatic nitrogens is 2. The van der Waals surface area contributed by atoms with Crippen LogP contribution in [-0.2, 0) is 46.4 Å². The van der Waals surface area contributed by atoms with Gasteiger partial charge >= 0.3 is 5.97 Å². The van der Waals surface area contributed by atoms with Crippen LogP contribution in [0.4, 0.5) is 0 Å². The number of nitrogens with one attached hydrogen (secondary N) is 6. The number of carbonyl (C=O) groups excluding carboxylic acids is 6. The summed E-state index contributed by atoms with van der Waals surface area (Å²) < 4.78 is 0. The fourth-order valence-corrected chi connectivity index (χ4v) is 8.94. The number of carbonyl (C=O) groups is 7. The van der Waals surface area contributed by atoms with Crippen LogP contribution in [0.15, 0.2) is 60.9 Å². The van der Waals surface area contributed by atoms with E-state index in [1.54, 1.807) is 26.2 Å². The van der Waals surface area contributed by atoms with Crippen LogP contribution in [0.5, 0.6) is 0 Å². The van der Waals surface area contributed by atoms with Gasteiger partial charge in [-0.05, 0) is 87.6 Å². The molecule has 2 saturated heterocycles. The normalized spacial score (nSPS) is 19.0. The van der Waals surface area contributed by atoms with Crippen LogP contribution in [0.1, 0.15) is 76.8 Å². The minimum atomic E-state index is -1.49. The molecule has 66 heavy (non-hydrogen) atoms. The first-order chi connectivity index (χ1) is 31.6. The molecular weight excluding hydrogens is 849 g/mol. The first-order valence-corrected chi connectivity index (χ1v) is 22.9. The predicted molar refractivity (Wildman–Crippen MR) is 246 cm³/mol. The Labute approximate surface area is 383 Å². The maximum atomic E-state index is 14.5. The molecular formula is C47H64N10O9. The van der Waals surface area contributed by atoms with Crippen molar-refractivity contribution in [3.05, 3.63) is 72.1 Å². The van der Waals surface area contributed by atoms with Gasteiger partial charge in [0.05, 0.1) is 12.1 Å². The molecule has 4 heterocycles. The van der Waals surface area contributed by atoms with Gasteiger partial charge in [-0.1, -0.05) is 50.2 Å². The van der Waals surface area contributed by atoms with E-state index in [0.29, 0.717) is 56.3 Å². The van der Waals surface area contributed by atoms with Crippen LogP contribution >= 0.6 is 0 Å². The molecule has 19 nitrogen and oxygen atoms in total. The Hall–Kier alpha value is -6.31. The number of aliphatic hydroxyl groups excluding tert-OH is 1. The Bertz CT molecular complexity index is 2380. The van der Waals surface area contributed by atoms with E-state index in [4.69, 9.17) is 11.5 Å². The van der Waals surface area contributed by atoms with Crippen LogP contribution in [0, 0.1) is 5.92 Å². The Morgan fingerprint density at radius 2 is 1.21 bits per heavy atom. The summed E-state index contributed by atoms with van der Waals surface area (Å²) in [5.74, 6) is -5.24. The molecule has 356 valence electrons. The van der Waals surface area contributed by atoms with Crippen molar-refractivity contribution in [1.82, 2.24) is 41.0 Å². The third-order valence-corrected chi connectivity index (χ3v) is 12.8. The van der Waals surface area contributed by atoms with Crippen LogP contribution < -0.4 is 32.7 Å². The summed E-state index contributed by atoms with van der Waals surface area (Å²) in [5, 5.41) is 33.5. The van der Waals surface area contributed by atoms with Gasteiger partial charge in [0, 0.05) is 60.1 Å². The van der Waals surface area contributed by atoms with E-state index < -0.39 is 83.9 Å². The van der Waals surface area contributed by atoms with Gasteiger partial charge in [0.15, 0.2) is 0 Å². The third kappa shape index (κ3) is 11.6. The molecule has 6 amide bonds. The number of carboxylic acid groups (broad SMARTS) is 1. The molecule has 0 spiro atoms. The molecule has 19 heteroatoms. The van der Waals surface area contributed by atoms with Crippen molar-refractivity contribution in [2.75, 3.05) is 19.6 Å². The van der Waals surface area contributed by atoms with E-state index >= 15 is 0 Å². The van der Waals surface area contributed by atoms with E-state index in [1.165, 1.54) is 16.7 Å². The number of benzene rings is 2. The first kappa shape index (κ1) is 49.1. The van der Waals surface area contributed by atoms with Gasteiger partial charge in [-0.15, -0.1) is 0 Å². The summed E-state index contributed by atoms with van der Waals surface area (Å²) in [7, 11) is 0. The molecule has 0 aliphatic carbocycles. The molecule has 2 aromatic carbocycles. The van der Waals surface area contributed by atoms with Gasteiger partial charge in [0.2, 0.25) is 35.4 Å². The quantitative estimate of drug-likeness (QED) is 0.0525. The summed E-state index contributed by atoms with van der Waals surface area (Å²) in [6, 6.07) is 6.77. The lowest BCUT2D eigenvalue weighted by molar-refractivity contribution is -0.144. The Balaban J connectivity index is 1.19. The van der Waals surface area contributed by atoms with Crippen LogP contribution in [0.3, 0.4) is 0 Å². The maximum absolute atomic E-state index is 14.5. The molecule has 12 N–H and O–H groups in total. The molecule has 2 aliphatic heterocycles. The largest absolute Gasteiger partial charge is 0.480 e. The zero-order chi connectivity index (χ0) is 47.7. The highest BCUT2D eigenvalue weighted by Crippen LogP contribution is 2.25. The van der Waals surface area contributed by atoms with E-state index in [2.05, 4.69) is 31.2 Å². The lowest BCUT2D eigenvalue weighted by atomic mass is 10.0. The standard InChI is InChI=1S/C47H64N10O9/c1-26(2)39(49)46(64)57-21-11-18-38(57)43(61)55-40(27(3)58)44(62)52-34(16-8-9-19-48)45(63)56-20-10-17-37(56)42(60)53-35(22-28-24-50-32-14-6-4-12-30(28)32)41(59)54-36(47(65)66)23-29-25-51-33-15-7-5-13-31(29)33/h4-7,12-15,24-27,34-40,50-51,58H,8-11,16-23,48-49H2,1-3H3,(H,52,62)(H,53,60)(H,54,59)(H,55,61)(H,65,66)/t27-,34+,35+,36+,37+,38+,39+,40+/m1/s1. The number of carboxylic acids is 1. The number of fused-ring (bicyclic) bond motifs is 2. The number of nitrogens with two attached hydrogens (primary N) is 2. The zero-order valence-electron chi connectivity index (χ0n) is 37.8. The lowest BCUT2D eigenvalue weighted by Gasteiger charge is -2.32. The van der Waals surface area contributed by atoms with Crippen molar-refractivity contribution in [3.63, 3.8) is 0 Å². The van der Waals surface area contributed by atoms with Crippen molar-refractivity contribution in [3.8, 4) is 0 Å². The van der Waals surface area contributed by atoms with E-state index in [1.807, 2.05) is 48.5 Å². The number of amides is 6. The van der Waals surface area contributed by atoms with Crippen molar-refractivity contribution in [2.24, 2.45) is 17.4 Å². The van der Waals surface area contributed by atoms with Gasteiger partial charge in [0.1, 0.15) is 36.3 Å². The molecule has 0 saturated carbocycles. The van der Waals surface area contributed by atoms with E-state index in [9.17, 15) is 43.8 Å². The molecule has 8 atom stereocenters. The number of hydrogen-bond donors (Lipinski definition) is 10. The highest BCUT2D eigenvalue weighted by atomic mass is 16.4. The molecule has 2 aromatic heterocycles. The number of para-hydroxylation sites is 2. The Morgan fingerprint density at radius 3 is 1.74 bits per heavy atom. The summed E-state index contributed by atoms with van der Waals surface area (Å²) >= 11 is 0. The second-order valence-electron chi connectivity index (χ2n) is 17.8. The summed E-state index contributed by atoms with van der Waals surface area (Å²) in [4.78, 5) is 105. The fourth-order valence-electron chi connectivity index (χ4n) is 8.94. The molecule has 0 radical (unpaired) electrons. The van der Waals surface area contributed by atoms with Gasteiger partial charge < -0.3 is 62.7 Å². The average Bonchev–Trinajstić information content (AvgIpc) is 4.14. The second-order valence-corrected chi connectivity index (χ2v) is 17.8. The van der Waals surface area contributed by atoms with E-state index in [-0.39, 0.29) is 44.1 Å². The number of likely N-dealkylation sites (tertiary alicyclic amines) is 2. The van der Waals surface area contributed by atoms with Crippen molar-refractivity contribution < 1.29 is 43.8 Å². The monoisotopic (exact) mass is 912 g/mol. The Kier molecular flexibility index (Phi) is 16.6. The third-order valence-electron chi connectivity index (χ3n) is 12.8. The summed E-state index contributed by atoms with van der Waals surface area (Å²) in [5.41, 5.74) is 14.9. The Morgan fingerprint density at radius 1 is 0.697 bits per heavy atom. The van der Waals surface area contributed by atoms with Crippen molar-refractivity contribution in [2.45, 2.75) is 127 Å². The number of aromatic amines is 2. The van der Waals surface area contributed by atoms with Crippen molar-refractivity contribution in [1.29, 1.82) is 0 Å². The van der Waals surface area contributed by atoms with Gasteiger partial charge in [0.25, 0.3) is 0 Å². The summed E-state index contributed by atoms with van der Waals surface area (Å²) in [6.45, 7) is 5.72. The van der Waals surface area contributed by atoms with Gasteiger partial charge in [-0.25, -0.2) is 4.79 Å². The molecule has 2 aliphatic rings. The minimum absolute atomic E-state index is 0.0107. The fraction of sp³-hybridized carbons (Fsp3) is 0.511. The molecule has 4 aromatic rings. The van der Waals surface area contributed by atoms with E-state index in [0.717, 1.165) is 21.8 Å². The molecule has 6 rings (SSSR count). The number of aliphatic hydroxyl groups is 1. The first-order valence-electron chi connectivity index (χ1n) is 22.9. The van der Waals surface area contributed by atoms with Crippen LogP contribution in [0.25, 0.3) is 21.8 Å². The molecule has 0 unspecified atom stereocenters. The highest BCUT2D eigenvalue weighted by Gasteiger charge is 2.42. The second kappa shape index (κ2) is 22.3. The highest BCUT2D eigenvalue weighted by molar-refractivity contribution is 5.98. The van der Waals surface area contributed by atoms with Gasteiger partial charge in [-0.2, -0.15) is 0 Å². The number of H-pyrrole nitrogens is 2. The SMILES string of the molecule is CC(C)[C@H](N)C(=O)N1CCC[C@H]1C(=O)N[C@H](C(=O)N[C@@H](CCCCN)C(=O)N1CCC[C@H]1C(=O)N[C@@H](Cc1c[nH]c2ccccc12)C(=O)N[C@@H](Cc1c[nH]c2ccccc12)C(=O)O)[C@@H](C)O. The van der Waals surface area contributed by atoms with Crippen LogP contribution in [0.2, 0.25) is 0 Å². The number of aliphatic carboxylic acids is 1. The number of unbranched alkanes of at least 4 members (excludes halogenated alkanes) is 1. The van der Waals surface area contributed by atoms with Crippen molar-refractivity contribution >= 4 is 63.2 Å². The molecule has 0 bridgehead atoms. The topological polar surface area (TPSA) is 298 Å². The average molecular weight is 913 g/mol. The number of nitrogens with zero attached hydrogens (tertiary/aromatic N) is 2. The number of rotatable bonds is 21. The van der Waals surface area contributed by atoms with Gasteiger partial charge in [-0.3, -0.25) is 28.8 Å². The minimum Gasteiger partial charge on any atom is -0.480 e. The lowest BCUT2D eigenvalue weighted by Crippen LogP contribution is -2.61. The van der Waals surface area contributed by atoms with Crippen LogP contribution in [-0.4, -0.2) is 139 Å².